The Balaban J connectivity index is 2.44. The van der Waals surface area contributed by atoms with Crippen molar-refractivity contribution in [1.82, 2.24) is 0 Å². The van der Waals surface area contributed by atoms with E-state index in [1.807, 2.05) is 0 Å². The normalized spacial score (nSPS) is 15.9. The fraction of sp³-hybridized carbons (Fsp3) is 0.0769. The fourth-order valence-corrected chi connectivity index (χ4v) is 1.89. The summed E-state index contributed by atoms with van der Waals surface area (Å²) in [6.07, 6.45) is 11.7. The van der Waals surface area contributed by atoms with Crippen LogP contribution in [-0.2, 0) is 0 Å². The third kappa shape index (κ3) is 0.858. The van der Waals surface area contributed by atoms with Crippen molar-refractivity contribution in [3.8, 4) is 0 Å². The van der Waals surface area contributed by atoms with Crippen LogP contribution in [0.25, 0.3) is 23.8 Å². The van der Waals surface area contributed by atoms with Crippen molar-refractivity contribution in [1.29, 1.82) is 0 Å². The summed E-state index contributed by atoms with van der Waals surface area (Å²) in [5.74, 6) is 0. The average Bonchev–Trinajstić information content (AvgIpc) is 2.70. The molecule has 0 spiro atoms. The second kappa shape index (κ2) is 2.23. The van der Waals surface area contributed by atoms with Crippen molar-refractivity contribution in [3.05, 3.63) is 45.8 Å². The highest BCUT2D eigenvalue weighted by Crippen LogP contribution is 2.14. The molecule has 0 unspecified atom stereocenters. The molecule has 0 aliphatic heterocycles. The molecule has 0 N–H and O–H groups in total. The van der Waals surface area contributed by atoms with Gasteiger partial charge in [0.25, 0.3) is 0 Å². The molecule has 0 fully saturated rings. The van der Waals surface area contributed by atoms with Crippen LogP contribution in [0.2, 0.25) is 0 Å². The van der Waals surface area contributed by atoms with E-state index < -0.39 is 0 Å². The van der Waals surface area contributed by atoms with E-state index in [9.17, 15) is 0 Å². The predicted octanol–water partition coefficient (Wildman–Crippen LogP) is 1.57. The Kier molecular flexibility index (Phi) is 1.18. The highest BCUT2D eigenvalue weighted by molar-refractivity contribution is 5.79. The van der Waals surface area contributed by atoms with Crippen LogP contribution in [0.4, 0.5) is 0 Å². The molecule has 1 aromatic carbocycles. The molecule has 0 atom stereocenters. The maximum Gasteiger partial charge on any atom is -0.00959 e. The van der Waals surface area contributed by atoms with Crippen molar-refractivity contribution in [2.24, 2.45) is 0 Å². The van der Waals surface area contributed by atoms with Crippen LogP contribution in [0.3, 0.4) is 0 Å². The summed E-state index contributed by atoms with van der Waals surface area (Å²) < 4.78 is 0. The third-order valence-electron chi connectivity index (χ3n) is 2.64. The Morgan fingerprint density at radius 2 is 2.15 bits per heavy atom. The van der Waals surface area contributed by atoms with Gasteiger partial charge in [-0.2, -0.15) is 0 Å². The lowest BCUT2D eigenvalue weighted by Gasteiger charge is -1.99. The van der Waals surface area contributed by atoms with Crippen LogP contribution in [0.5, 0.6) is 0 Å². The fourth-order valence-electron chi connectivity index (χ4n) is 1.89. The maximum absolute atomic E-state index is 3.27. The number of hydrogen-bond donors (Lipinski definition) is 0. The van der Waals surface area contributed by atoms with Gasteiger partial charge in [-0.25, -0.2) is 0 Å². The molecule has 61 valence electrons. The van der Waals surface area contributed by atoms with E-state index in [1.54, 1.807) is 0 Å². The zero-order valence-electron chi connectivity index (χ0n) is 7.46. The molecule has 0 aromatic heterocycles. The third-order valence-corrected chi connectivity index (χ3v) is 2.64. The van der Waals surface area contributed by atoms with Gasteiger partial charge in [-0.3, -0.25) is 0 Å². The Bertz CT molecular complexity index is 554. The summed E-state index contributed by atoms with van der Waals surface area (Å²) >= 11 is 0. The van der Waals surface area contributed by atoms with Crippen molar-refractivity contribution in [2.45, 2.75) is 6.92 Å². The van der Waals surface area contributed by atoms with Gasteiger partial charge < -0.3 is 0 Å². The molecule has 1 aromatic rings. The van der Waals surface area contributed by atoms with Gasteiger partial charge in [-0.05, 0) is 52.3 Å². The molecule has 2 aliphatic rings. The molecule has 1 radical (unpaired) electrons. The lowest BCUT2D eigenvalue weighted by atomic mass is 10.1. The molecule has 3 rings (SSSR count). The topological polar surface area (TPSA) is 0 Å². The van der Waals surface area contributed by atoms with Gasteiger partial charge in [0.2, 0.25) is 0 Å². The predicted molar refractivity (Wildman–Crippen MR) is 56.3 cm³/mol. The Morgan fingerprint density at radius 1 is 1.23 bits per heavy atom. The van der Waals surface area contributed by atoms with Gasteiger partial charge in [0.05, 0.1) is 0 Å². The van der Waals surface area contributed by atoms with Crippen LogP contribution in [0.1, 0.15) is 18.1 Å². The number of hydrogen-bond acceptors (Lipinski definition) is 0. The lowest BCUT2D eigenvalue weighted by Crippen LogP contribution is -2.13. The van der Waals surface area contributed by atoms with E-state index >= 15 is 0 Å². The lowest BCUT2D eigenvalue weighted by molar-refractivity contribution is 1.48. The van der Waals surface area contributed by atoms with E-state index in [4.69, 9.17) is 0 Å². The second-order valence-electron chi connectivity index (χ2n) is 3.52. The molecule has 0 nitrogen and oxygen atoms in total. The van der Waals surface area contributed by atoms with Crippen LogP contribution < -0.4 is 10.4 Å². The second-order valence-corrected chi connectivity index (χ2v) is 3.52. The van der Waals surface area contributed by atoms with E-state index in [0.717, 1.165) is 0 Å². The Hall–Kier alpha value is -1.56. The van der Waals surface area contributed by atoms with Gasteiger partial charge in [-0.15, -0.1) is 0 Å². The minimum atomic E-state index is 1.23. The highest BCUT2D eigenvalue weighted by Gasteiger charge is 2.06. The van der Waals surface area contributed by atoms with Crippen LogP contribution in [0, 0.1) is 0 Å². The number of allylic oxidation sites excluding steroid dienone is 3. The Morgan fingerprint density at radius 3 is 3.08 bits per heavy atom. The quantitative estimate of drug-likeness (QED) is 0.547. The van der Waals surface area contributed by atoms with Crippen LogP contribution in [0.15, 0.2) is 24.3 Å². The van der Waals surface area contributed by atoms with Crippen molar-refractivity contribution < 1.29 is 0 Å². The minimum Gasteiger partial charge on any atom is -0.0610 e. The zero-order valence-corrected chi connectivity index (χ0v) is 7.46. The summed E-state index contributed by atoms with van der Waals surface area (Å²) in [5.41, 5.74) is 3.96. The molecule has 0 heterocycles. The summed E-state index contributed by atoms with van der Waals surface area (Å²) in [5, 5.41) is 2.56. The van der Waals surface area contributed by atoms with Gasteiger partial charge >= 0.3 is 0 Å². The highest BCUT2D eigenvalue weighted by atomic mass is 14.1. The summed E-state index contributed by atoms with van der Waals surface area (Å²) in [7, 11) is 0. The first-order valence-corrected chi connectivity index (χ1v) is 4.48. The molecule has 0 amide bonds. The number of fused-ring (bicyclic) bond motifs is 2. The van der Waals surface area contributed by atoms with E-state index in [-0.39, 0.29) is 0 Å². The number of benzene rings is 1. The molecule has 2 aliphatic carbocycles. The standard InChI is InChI=1S/C13H9/c1-9-5-6-12-7-10-3-2-4-11(10)8-13(9)12/h2-5,7-8H,1H3. The van der Waals surface area contributed by atoms with Crippen molar-refractivity contribution in [3.63, 3.8) is 0 Å². The van der Waals surface area contributed by atoms with Gasteiger partial charge in [-0.1, -0.05) is 24.3 Å². The van der Waals surface area contributed by atoms with Crippen molar-refractivity contribution >= 4 is 23.8 Å². The SMILES string of the molecule is CC1=C[C]=c2cc3c(cc21)=CC=C3. The minimum absolute atomic E-state index is 1.23. The first-order valence-electron chi connectivity index (χ1n) is 4.48. The molecular formula is C13H9. The first kappa shape index (κ1) is 6.90. The molecule has 0 saturated carbocycles. The van der Waals surface area contributed by atoms with E-state index in [0.29, 0.717) is 0 Å². The van der Waals surface area contributed by atoms with Crippen LogP contribution >= 0.6 is 0 Å². The van der Waals surface area contributed by atoms with Gasteiger partial charge in [0.15, 0.2) is 0 Å². The molecular weight excluding hydrogens is 156 g/mol. The number of rotatable bonds is 0. The molecule has 13 heavy (non-hydrogen) atoms. The van der Waals surface area contributed by atoms with Crippen LogP contribution in [-0.4, -0.2) is 0 Å². The Labute approximate surface area is 77.2 Å². The smallest absolute Gasteiger partial charge is 0.00959 e. The summed E-state index contributed by atoms with van der Waals surface area (Å²) in [6, 6.07) is 4.45. The van der Waals surface area contributed by atoms with E-state index in [1.165, 1.54) is 27.1 Å². The molecule has 0 saturated heterocycles. The average molecular weight is 165 g/mol. The van der Waals surface area contributed by atoms with Crippen molar-refractivity contribution in [2.75, 3.05) is 0 Å². The zero-order chi connectivity index (χ0) is 8.84. The summed E-state index contributed by atoms with van der Waals surface area (Å²) in [6.45, 7) is 2.13. The maximum atomic E-state index is 3.27. The molecule has 0 heteroatoms. The van der Waals surface area contributed by atoms with Gasteiger partial charge in [0, 0.05) is 0 Å². The largest absolute Gasteiger partial charge is 0.0610 e. The van der Waals surface area contributed by atoms with E-state index in [2.05, 4.69) is 49.4 Å². The summed E-state index contributed by atoms with van der Waals surface area (Å²) in [4.78, 5) is 0. The monoisotopic (exact) mass is 165 g/mol. The molecule has 0 bridgehead atoms. The first-order chi connectivity index (χ1) is 6.34. The van der Waals surface area contributed by atoms with Gasteiger partial charge in [0.1, 0.15) is 0 Å².